The van der Waals surface area contributed by atoms with Gasteiger partial charge in [0, 0.05) is 37.8 Å². The number of piperidine rings is 1. The highest BCUT2D eigenvalue weighted by Crippen LogP contribution is 2.29. The maximum absolute atomic E-state index is 12.5. The van der Waals surface area contributed by atoms with Crippen LogP contribution in [0.5, 0.6) is 5.75 Å². The number of methoxy groups -OCH3 is 1. The number of rotatable bonds is 7. The van der Waals surface area contributed by atoms with Crippen LogP contribution in [0.3, 0.4) is 0 Å². The molecule has 1 saturated heterocycles. The Kier molecular flexibility index (Phi) is 6.80. The molecule has 2 N–H and O–H groups in total. The second kappa shape index (κ2) is 10.1. The van der Waals surface area contributed by atoms with Crippen molar-refractivity contribution in [1.29, 1.82) is 0 Å². The van der Waals surface area contributed by atoms with Gasteiger partial charge in [0.2, 0.25) is 5.91 Å². The highest BCUT2D eigenvalue weighted by molar-refractivity contribution is 8.00. The van der Waals surface area contributed by atoms with Crippen molar-refractivity contribution in [1.82, 2.24) is 24.8 Å². The van der Waals surface area contributed by atoms with Crippen LogP contribution < -0.4 is 20.9 Å². The number of ether oxygens (including phenoxy) is 1. The van der Waals surface area contributed by atoms with Crippen LogP contribution in [0.2, 0.25) is 0 Å². The van der Waals surface area contributed by atoms with Crippen LogP contribution in [0.15, 0.2) is 46.2 Å². The number of hydrogen-bond acceptors (Lipinski definition) is 8. The number of anilines is 1. The minimum absolute atomic E-state index is 0.00337. The van der Waals surface area contributed by atoms with Gasteiger partial charge in [-0.05, 0) is 44.1 Å². The third-order valence-corrected chi connectivity index (χ3v) is 7.43. The van der Waals surface area contributed by atoms with Crippen LogP contribution in [0.1, 0.15) is 18.5 Å². The quantitative estimate of drug-likeness (QED) is 0.530. The average molecular weight is 481 g/mol. The van der Waals surface area contributed by atoms with Crippen LogP contribution in [0.25, 0.3) is 11.0 Å². The predicted octanol–water partition coefficient (Wildman–Crippen LogP) is 2.10. The molecule has 34 heavy (non-hydrogen) atoms. The standard InChI is InChI=1S/C24H28N6O3S/c1-33-18-12-20-19(26-14-18)3-5-23(32)30(20)11-10-29-8-6-16(7-9-29)25-13-17-2-4-21-24(27-17)28-22(31)15-34-21/h2-5,12,14,16,25H,6-11,13,15H2,1H3,(H,27,28,31). The second-order valence-electron chi connectivity index (χ2n) is 8.59. The number of likely N-dealkylation sites (tertiary alicyclic amines) is 1. The third-order valence-electron chi connectivity index (χ3n) is 6.38. The first kappa shape index (κ1) is 22.8. The van der Waals surface area contributed by atoms with E-state index in [1.165, 1.54) is 11.8 Å². The number of nitrogens with one attached hydrogen (secondary N) is 2. The number of amides is 1. The van der Waals surface area contributed by atoms with Crippen molar-refractivity contribution in [2.45, 2.75) is 36.9 Å². The van der Waals surface area contributed by atoms with E-state index in [4.69, 9.17) is 4.74 Å². The van der Waals surface area contributed by atoms with Crippen molar-refractivity contribution in [2.75, 3.05) is 37.8 Å². The molecule has 3 aromatic heterocycles. The summed E-state index contributed by atoms with van der Waals surface area (Å²) in [5, 5.41) is 6.46. The van der Waals surface area contributed by atoms with Crippen molar-refractivity contribution in [3.8, 4) is 5.75 Å². The molecule has 0 saturated carbocycles. The lowest BCUT2D eigenvalue weighted by molar-refractivity contribution is -0.113. The van der Waals surface area contributed by atoms with E-state index in [-0.39, 0.29) is 11.5 Å². The van der Waals surface area contributed by atoms with Gasteiger partial charge < -0.3 is 24.8 Å². The highest BCUT2D eigenvalue weighted by atomic mass is 32.2. The Hall–Kier alpha value is -2.95. The highest BCUT2D eigenvalue weighted by Gasteiger charge is 2.20. The predicted molar refractivity (Wildman–Crippen MR) is 132 cm³/mol. The molecule has 0 aliphatic carbocycles. The minimum Gasteiger partial charge on any atom is -0.495 e. The van der Waals surface area contributed by atoms with Crippen molar-refractivity contribution >= 4 is 34.5 Å². The average Bonchev–Trinajstić information content (AvgIpc) is 2.87. The largest absolute Gasteiger partial charge is 0.495 e. The molecule has 0 aromatic carbocycles. The normalized spacial score (nSPS) is 16.9. The van der Waals surface area contributed by atoms with Crippen molar-refractivity contribution in [3.05, 3.63) is 52.6 Å². The third kappa shape index (κ3) is 5.08. The molecule has 9 nitrogen and oxygen atoms in total. The van der Waals surface area contributed by atoms with Crippen LogP contribution in [-0.4, -0.2) is 63.9 Å². The number of hydrogen-bond donors (Lipinski definition) is 2. The molecule has 3 aromatic rings. The molecular formula is C24H28N6O3S. The molecule has 178 valence electrons. The van der Waals surface area contributed by atoms with E-state index in [0.29, 0.717) is 36.5 Å². The molecular weight excluding hydrogens is 452 g/mol. The fourth-order valence-electron chi connectivity index (χ4n) is 4.44. The van der Waals surface area contributed by atoms with Crippen molar-refractivity contribution in [2.24, 2.45) is 0 Å². The van der Waals surface area contributed by atoms with Gasteiger partial charge in [-0.2, -0.15) is 0 Å². The Morgan fingerprint density at radius 3 is 2.85 bits per heavy atom. The van der Waals surface area contributed by atoms with E-state index in [0.717, 1.165) is 54.1 Å². The lowest BCUT2D eigenvalue weighted by atomic mass is 10.0. The van der Waals surface area contributed by atoms with Crippen LogP contribution in [0.4, 0.5) is 5.82 Å². The minimum atomic E-state index is -0.0220. The fraction of sp³-hybridized carbons (Fsp3) is 0.417. The Balaban J connectivity index is 1.13. The molecule has 0 unspecified atom stereocenters. The summed E-state index contributed by atoms with van der Waals surface area (Å²) in [5.74, 6) is 1.77. The summed E-state index contributed by atoms with van der Waals surface area (Å²) in [6, 6.07) is 9.69. The first-order valence-corrected chi connectivity index (χ1v) is 12.5. The Labute approximate surface area is 201 Å². The first-order chi connectivity index (χ1) is 16.6. The summed E-state index contributed by atoms with van der Waals surface area (Å²) in [6.07, 6.45) is 3.75. The van der Waals surface area contributed by atoms with Gasteiger partial charge in [-0.3, -0.25) is 14.6 Å². The zero-order valence-electron chi connectivity index (χ0n) is 19.1. The lowest BCUT2D eigenvalue weighted by Crippen LogP contribution is -2.43. The molecule has 0 atom stereocenters. The molecule has 1 fully saturated rings. The lowest BCUT2D eigenvalue weighted by Gasteiger charge is -2.32. The van der Waals surface area contributed by atoms with Crippen LogP contribution in [-0.2, 0) is 17.9 Å². The van der Waals surface area contributed by atoms with Crippen molar-refractivity contribution in [3.63, 3.8) is 0 Å². The van der Waals surface area contributed by atoms with E-state index >= 15 is 0 Å². The Bertz CT molecular complexity index is 1260. The van der Waals surface area contributed by atoms with E-state index in [2.05, 4.69) is 25.5 Å². The zero-order valence-corrected chi connectivity index (χ0v) is 19.9. The smallest absolute Gasteiger partial charge is 0.251 e. The fourth-order valence-corrected chi connectivity index (χ4v) is 5.20. The molecule has 10 heteroatoms. The van der Waals surface area contributed by atoms with Gasteiger partial charge in [-0.25, -0.2) is 4.98 Å². The van der Waals surface area contributed by atoms with Gasteiger partial charge in [-0.1, -0.05) is 0 Å². The molecule has 2 aliphatic heterocycles. The van der Waals surface area contributed by atoms with Gasteiger partial charge >= 0.3 is 0 Å². The summed E-state index contributed by atoms with van der Waals surface area (Å²) >= 11 is 1.53. The summed E-state index contributed by atoms with van der Waals surface area (Å²) in [5.41, 5.74) is 2.50. The van der Waals surface area contributed by atoms with Gasteiger partial charge in [0.25, 0.3) is 5.56 Å². The van der Waals surface area contributed by atoms with E-state index in [9.17, 15) is 9.59 Å². The number of pyridine rings is 3. The van der Waals surface area contributed by atoms with Crippen LogP contribution >= 0.6 is 11.8 Å². The zero-order chi connectivity index (χ0) is 23.5. The number of aromatic nitrogens is 3. The van der Waals surface area contributed by atoms with Crippen molar-refractivity contribution < 1.29 is 9.53 Å². The molecule has 5 rings (SSSR count). The maximum atomic E-state index is 12.5. The number of carbonyl (C=O) groups is 1. The summed E-state index contributed by atoms with van der Waals surface area (Å²) in [6.45, 7) is 4.06. The Morgan fingerprint density at radius 1 is 1.18 bits per heavy atom. The molecule has 0 spiro atoms. The topological polar surface area (TPSA) is 101 Å². The Morgan fingerprint density at radius 2 is 2.03 bits per heavy atom. The SMILES string of the molecule is COc1cnc2ccc(=O)n(CCN3CCC(NCc4ccc5c(n4)NC(=O)CS5)CC3)c2c1. The van der Waals surface area contributed by atoms with Crippen LogP contribution in [0, 0.1) is 0 Å². The molecule has 5 heterocycles. The van der Waals surface area contributed by atoms with Gasteiger partial charge in [-0.15, -0.1) is 11.8 Å². The molecule has 0 radical (unpaired) electrons. The molecule has 0 bridgehead atoms. The summed E-state index contributed by atoms with van der Waals surface area (Å²) < 4.78 is 7.08. The summed E-state index contributed by atoms with van der Waals surface area (Å²) in [7, 11) is 1.60. The first-order valence-electron chi connectivity index (χ1n) is 11.5. The number of nitrogens with zero attached hydrogens (tertiary/aromatic N) is 4. The monoisotopic (exact) mass is 480 g/mol. The summed E-state index contributed by atoms with van der Waals surface area (Å²) in [4.78, 5) is 36.6. The van der Waals surface area contributed by atoms with Gasteiger partial charge in [0.15, 0.2) is 0 Å². The second-order valence-corrected chi connectivity index (χ2v) is 9.60. The maximum Gasteiger partial charge on any atom is 0.251 e. The number of carbonyl (C=O) groups excluding carboxylic acids is 1. The number of fused-ring (bicyclic) bond motifs is 2. The van der Waals surface area contributed by atoms with E-state index < -0.39 is 0 Å². The van der Waals surface area contributed by atoms with E-state index in [1.807, 2.05) is 18.2 Å². The van der Waals surface area contributed by atoms with Gasteiger partial charge in [0.05, 0.1) is 40.7 Å². The van der Waals surface area contributed by atoms with Gasteiger partial charge in [0.1, 0.15) is 11.6 Å². The molecule has 1 amide bonds. The van der Waals surface area contributed by atoms with E-state index in [1.54, 1.807) is 30.0 Å². The molecule has 2 aliphatic rings. The number of thioether (sulfide) groups is 1.